The van der Waals surface area contributed by atoms with Crippen molar-refractivity contribution in [2.75, 3.05) is 0 Å². The summed E-state index contributed by atoms with van der Waals surface area (Å²) in [6, 6.07) is 18.1. The van der Waals surface area contributed by atoms with Gasteiger partial charge >= 0.3 is 5.97 Å². The van der Waals surface area contributed by atoms with Gasteiger partial charge in [0.25, 0.3) is 0 Å². The Balaban J connectivity index is 0.987. The molecule has 2 bridgehead atoms. The van der Waals surface area contributed by atoms with Crippen LogP contribution in [0.5, 0.6) is 0 Å². The van der Waals surface area contributed by atoms with E-state index in [-0.39, 0.29) is 23.7 Å². The number of carbonyl (C=O) groups is 1. The molecule has 0 saturated carbocycles. The zero-order valence-corrected chi connectivity index (χ0v) is 42.6. The van der Waals surface area contributed by atoms with E-state index in [2.05, 4.69) is 42.5 Å². The first kappa shape index (κ1) is 32.6. The molecule has 7 aliphatic carbocycles. The van der Waals surface area contributed by atoms with Crippen molar-refractivity contribution in [3.63, 3.8) is 0 Å². The summed E-state index contributed by atoms with van der Waals surface area (Å²) in [4.78, 5) is 11.7. The van der Waals surface area contributed by atoms with Gasteiger partial charge in [0.05, 0.1) is 0 Å². The van der Waals surface area contributed by atoms with Gasteiger partial charge in [-0.2, -0.15) is 0 Å². The minimum absolute atomic E-state index is 0.103. The first-order valence-corrected chi connectivity index (χ1v) is 30.9. The summed E-state index contributed by atoms with van der Waals surface area (Å²) < 4.78 is 0. The highest BCUT2D eigenvalue weighted by atomic mass is 16.4. The fourth-order valence-corrected chi connectivity index (χ4v) is 28.8. The molecule has 2 spiro atoms. The highest BCUT2D eigenvalue weighted by molar-refractivity contribution is 6.82. The number of hydrogen-bond donors (Lipinski definition) is 1. The largest absolute Gasteiger partial charge is 0.481 e. The fourth-order valence-electron chi connectivity index (χ4n) is 28.8. The monoisotopic (exact) mass is 1010 g/mol. The molecular formula is C80H20O2. The molecule has 2 atom stereocenters. The average molecular weight is 1010 g/mol. The van der Waals surface area contributed by atoms with E-state index in [0.717, 1.165) is 25.7 Å². The van der Waals surface area contributed by atoms with Gasteiger partial charge in [0, 0.05) is 29.1 Å². The van der Waals surface area contributed by atoms with Crippen LogP contribution in [0.2, 0.25) is 0 Å². The van der Waals surface area contributed by atoms with Gasteiger partial charge in [0.15, 0.2) is 0 Å². The van der Waals surface area contributed by atoms with Gasteiger partial charge in [-0.1, -0.05) is 48.9 Å². The van der Waals surface area contributed by atoms with E-state index in [4.69, 9.17) is 0 Å². The molecule has 0 saturated heterocycles. The van der Waals surface area contributed by atoms with Crippen LogP contribution >= 0.6 is 0 Å². The summed E-state index contributed by atoms with van der Waals surface area (Å²) in [6.45, 7) is 0. The Morgan fingerprint density at radius 3 is 0.768 bits per heavy atom. The number of benzene rings is 20. The Bertz CT molecular complexity index is 7950. The Morgan fingerprint density at radius 2 is 0.512 bits per heavy atom. The first-order valence-electron chi connectivity index (χ1n) is 30.9. The van der Waals surface area contributed by atoms with Crippen LogP contribution in [0.15, 0.2) is 42.5 Å². The van der Waals surface area contributed by atoms with Crippen LogP contribution in [0, 0.1) is 0 Å². The predicted octanol–water partition coefficient (Wildman–Crippen LogP) is 20.8. The molecule has 0 radical (unpaired) electrons. The van der Waals surface area contributed by atoms with E-state index in [0.29, 0.717) is 0 Å². The van der Waals surface area contributed by atoms with Crippen molar-refractivity contribution in [1.82, 2.24) is 0 Å². The highest BCUT2D eigenvalue weighted by Gasteiger charge is 2.78. The molecule has 0 fully saturated rings. The quantitative estimate of drug-likeness (QED) is 0.133. The molecule has 30 aromatic rings. The van der Waals surface area contributed by atoms with Crippen molar-refractivity contribution < 1.29 is 9.90 Å². The molecule has 82 heavy (non-hydrogen) atoms. The maximum absolute atomic E-state index is 11.7. The Labute approximate surface area is 451 Å². The van der Waals surface area contributed by atoms with Crippen LogP contribution in [0.25, 0.3) is 291 Å². The molecule has 1 N–H and O–H groups in total. The standard InChI is InChI=1S/C80H20O2/c81-18(82)9-3-1-2-6-13-10-11-16-17(12-13)74-15-8-5-4-7-14(15)73(16)79-75-65-57-47-37-29-21-19-20-23-27-25(21)33-41-35(27)45-39-31(23)32-24(20)28-26-22(19)30(29)38-44-34(26)42-36(28)46-40(32)50-49(39)59-53(45)63-55(41)61(51(57)43(33)37)69(75)71(63)77-67(59)68-60(50)54(46)64-56(42)62-52(44)58(48(38)47)66(65)76(79)70(62)72(64)78(68)80(74,77)79/h4-5,7-8,10-12,73-74H,1-3,6,9H2,(H,81,82). The van der Waals surface area contributed by atoms with Crippen molar-refractivity contribution in [3.05, 3.63) is 92.5 Å². The molecule has 37 rings (SSSR count). The van der Waals surface area contributed by atoms with E-state index >= 15 is 0 Å². The molecule has 0 aliphatic heterocycles. The summed E-state index contributed by atoms with van der Waals surface area (Å²) in [5.74, 6) is -0.460. The Morgan fingerprint density at radius 1 is 0.280 bits per heavy atom. The smallest absolute Gasteiger partial charge is 0.303 e. The third-order valence-electron chi connectivity index (χ3n) is 29.1. The fraction of sp³-hybridized carbons (Fsp3) is 0.113. The van der Waals surface area contributed by atoms with Gasteiger partial charge < -0.3 is 5.11 Å². The highest BCUT2D eigenvalue weighted by Crippen LogP contribution is 2.90. The number of carboxylic acid groups (broad SMARTS) is 1. The second-order valence-corrected chi connectivity index (χ2v) is 29.8. The van der Waals surface area contributed by atoms with Gasteiger partial charge in [0.1, 0.15) is 0 Å². The summed E-state index contributed by atoms with van der Waals surface area (Å²) in [5.41, 5.74) is 14.0. The van der Waals surface area contributed by atoms with Crippen LogP contribution < -0.4 is 0 Å². The number of rotatable bonds is 6. The normalized spacial score (nSPS) is 22.8. The molecule has 7 aliphatic rings. The van der Waals surface area contributed by atoms with Crippen LogP contribution in [0.3, 0.4) is 0 Å². The summed E-state index contributed by atoms with van der Waals surface area (Å²) >= 11 is 0. The maximum Gasteiger partial charge on any atom is 0.303 e. The van der Waals surface area contributed by atoms with Crippen molar-refractivity contribution in [3.8, 4) is 0 Å². The molecule has 30 aromatic carbocycles. The number of unbranched alkanes of at least 4 members (excludes halogenated alkanes) is 2. The maximum atomic E-state index is 11.7. The topological polar surface area (TPSA) is 37.3 Å². The minimum Gasteiger partial charge on any atom is -0.481 e. The third-order valence-corrected chi connectivity index (χ3v) is 29.1. The van der Waals surface area contributed by atoms with Crippen LogP contribution in [-0.2, 0) is 22.0 Å². The second kappa shape index (κ2) is 7.84. The number of aliphatic carboxylic acids is 1. The third kappa shape index (κ3) is 1.89. The molecule has 2 heteroatoms. The summed E-state index contributed by atoms with van der Waals surface area (Å²) in [5, 5.41) is 99.0. The molecule has 0 heterocycles. The molecular weight excluding hydrogens is 993 g/mol. The predicted molar refractivity (Wildman–Crippen MR) is 340 cm³/mol. The lowest BCUT2D eigenvalue weighted by Crippen LogP contribution is -2.63. The van der Waals surface area contributed by atoms with Crippen LogP contribution in [-0.4, -0.2) is 11.1 Å². The zero-order chi connectivity index (χ0) is 49.6. The number of carboxylic acids is 1. The zero-order valence-electron chi connectivity index (χ0n) is 42.6. The number of hydrogen-bond acceptors (Lipinski definition) is 1. The van der Waals surface area contributed by atoms with E-state index in [1.807, 2.05) is 0 Å². The average Bonchev–Trinajstić information content (AvgIpc) is 1.38. The summed E-state index contributed by atoms with van der Waals surface area (Å²) in [6.07, 6.45) is 3.93. The van der Waals surface area contributed by atoms with Crippen LogP contribution in [0.1, 0.15) is 87.6 Å². The van der Waals surface area contributed by atoms with Gasteiger partial charge in [-0.3, -0.25) is 4.79 Å². The van der Waals surface area contributed by atoms with Gasteiger partial charge in [0.2, 0.25) is 0 Å². The van der Waals surface area contributed by atoms with Crippen molar-refractivity contribution in [2.24, 2.45) is 0 Å². The summed E-state index contributed by atoms with van der Waals surface area (Å²) in [7, 11) is 0. The van der Waals surface area contributed by atoms with Gasteiger partial charge in [-0.15, -0.1) is 0 Å². The second-order valence-electron chi connectivity index (χ2n) is 29.8. The van der Waals surface area contributed by atoms with E-state index in [1.165, 1.54) is 5.56 Å². The Kier molecular flexibility index (Phi) is 3.11. The van der Waals surface area contributed by atoms with Gasteiger partial charge in [-0.05, 0) is 360 Å². The SMILES string of the molecule is O=C(O)CCCCCc1ccc2c(c1)C1c3ccccc3C2C23c4c5c6c7c8c9c(c%10c%11c2c2c4c4c%12c5c5c6c6c8c8c%13c9c9c%10c%10c%11c%11c2c2c4c4c%12c%12c5c5c6c8c6c8c%13c9c9c%10c%10c%11c2c2c4c4c%12c5c6c5c8c9c%10c2c45)C713. The van der Waals surface area contributed by atoms with Crippen LogP contribution in [0.4, 0.5) is 0 Å². The van der Waals surface area contributed by atoms with E-state index < -0.39 is 11.4 Å². The Hall–Kier alpha value is -9.63. The number of aryl methyl sites for hydroxylation is 1. The lowest BCUT2D eigenvalue weighted by atomic mass is 9.33. The molecule has 352 valence electrons. The van der Waals surface area contributed by atoms with Gasteiger partial charge in [-0.25, -0.2) is 0 Å². The van der Waals surface area contributed by atoms with Crippen molar-refractivity contribution >= 4 is 297 Å². The lowest BCUT2D eigenvalue weighted by molar-refractivity contribution is -0.137. The van der Waals surface area contributed by atoms with E-state index in [1.54, 1.807) is 335 Å². The van der Waals surface area contributed by atoms with Crippen molar-refractivity contribution in [2.45, 2.75) is 54.8 Å². The lowest BCUT2D eigenvalue weighted by Gasteiger charge is -2.67. The molecule has 2 unspecified atom stereocenters. The van der Waals surface area contributed by atoms with E-state index in [9.17, 15) is 9.90 Å². The first-order chi connectivity index (χ1) is 40.7. The minimum atomic E-state index is -0.678. The van der Waals surface area contributed by atoms with Crippen molar-refractivity contribution in [1.29, 1.82) is 0 Å². The molecule has 0 amide bonds. The molecule has 2 nitrogen and oxygen atoms in total. The molecule has 0 aromatic heterocycles.